The molecule has 24 heavy (non-hydrogen) atoms. The Hall–Kier alpha value is -2.93. The summed E-state index contributed by atoms with van der Waals surface area (Å²) in [5.41, 5.74) is 2.49. The number of nitrogens with zero attached hydrogens (tertiary/aromatic N) is 3. The minimum atomic E-state index is 0.553. The minimum absolute atomic E-state index is 0.553. The molecule has 0 amide bonds. The van der Waals surface area contributed by atoms with Gasteiger partial charge in [-0.05, 0) is 24.3 Å². The van der Waals surface area contributed by atoms with Crippen LogP contribution < -0.4 is 14.8 Å². The highest BCUT2D eigenvalue weighted by Crippen LogP contribution is 2.32. The van der Waals surface area contributed by atoms with E-state index in [9.17, 15) is 0 Å². The number of hydrogen-bond acceptors (Lipinski definition) is 5. The lowest BCUT2D eigenvalue weighted by Gasteiger charge is -2.06. The second-order valence-corrected chi connectivity index (χ2v) is 5.58. The zero-order valence-corrected chi connectivity index (χ0v) is 13.8. The number of imidazole rings is 1. The van der Waals surface area contributed by atoms with Gasteiger partial charge in [0.15, 0.2) is 11.5 Å². The molecule has 0 spiro atoms. The standard InChI is InChI=1S/C16H14ClN5O2/c1-23-13-7-11-12(8-14(13)24-2)22-16(19-11)20-15(21-22)18-10-5-3-9(17)4-6-10/h3-8H,1-2H3,(H2,18,19,20,21). The fraction of sp³-hybridized carbons (Fsp3) is 0.125. The van der Waals surface area contributed by atoms with Crippen molar-refractivity contribution < 1.29 is 9.47 Å². The highest BCUT2D eigenvalue weighted by molar-refractivity contribution is 6.30. The third-order valence-corrected chi connectivity index (χ3v) is 3.93. The molecule has 0 unspecified atom stereocenters. The van der Waals surface area contributed by atoms with Crippen molar-refractivity contribution in [2.24, 2.45) is 0 Å². The van der Waals surface area contributed by atoms with E-state index in [1.54, 1.807) is 18.7 Å². The third-order valence-electron chi connectivity index (χ3n) is 3.68. The molecule has 0 radical (unpaired) electrons. The molecule has 2 aromatic heterocycles. The first-order valence-corrected chi connectivity index (χ1v) is 7.58. The Morgan fingerprint density at radius 1 is 1.04 bits per heavy atom. The summed E-state index contributed by atoms with van der Waals surface area (Å²) >= 11 is 5.89. The monoisotopic (exact) mass is 343 g/mol. The second-order valence-electron chi connectivity index (χ2n) is 5.15. The van der Waals surface area contributed by atoms with Crippen LogP contribution in [0.5, 0.6) is 11.5 Å². The van der Waals surface area contributed by atoms with Crippen LogP contribution in [0.25, 0.3) is 16.8 Å². The van der Waals surface area contributed by atoms with Crippen LogP contribution >= 0.6 is 11.6 Å². The second kappa shape index (κ2) is 5.61. The average Bonchev–Trinajstić information content (AvgIpc) is 3.12. The van der Waals surface area contributed by atoms with Crippen molar-refractivity contribution >= 4 is 40.0 Å². The molecule has 0 saturated carbocycles. The van der Waals surface area contributed by atoms with Gasteiger partial charge in [-0.3, -0.25) is 5.10 Å². The summed E-state index contributed by atoms with van der Waals surface area (Å²) in [6, 6.07) is 11.1. The molecule has 8 heteroatoms. The smallest absolute Gasteiger partial charge is 0.253 e. The van der Waals surface area contributed by atoms with E-state index in [1.165, 1.54) is 0 Å². The number of ether oxygens (including phenoxy) is 2. The van der Waals surface area contributed by atoms with E-state index < -0.39 is 0 Å². The highest BCUT2D eigenvalue weighted by atomic mass is 35.5. The molecule has 122 valence electrons. The molecule has 2 aromatic carbocycles. The largest absolute Gasteiger partial charge is 0.493 e. The molecule has 4 aromatic rings. The predicted octanol–water partition coefficient (Wildman–Crippen LogP) is 3.62. The van der Waals surface area contributed by atoms with Gasteiger partial charge in [0.05, 0.1) is 25.3 Å². The van der Waals surface area contributed by atoms with Crippen LogP contribution in [-0.2, 0) is 0 Å². The normalized spacial score (nSPS) is 11.1. The summed E-state index contributed by atoms with van der Waals surface area (Å²) in [5, 5.41) is 7.04. The fourth-order valence-corrected chi connectivity index (χ4v) is 2.66. The maximum Gasteiger partial charge on any atom is 0.253 e. The van der Waals surface area contributed by atoms with Crippen LogP contribution in [0.15, 0.2) is 36.4 Å². The van der Waals surface area contributed by atoms with Crippen LogP contribution in [0, 0.1) is 0 Å². The Labute approximate surface area is 142 Å². The number of anilines is 2. The molecule has 0 atom stereocenters. The van der Waals surface area contributed by atoms with Crippen molar-refractivity contribution in [1.82, 2.24) is 19.6 Å². The van der Waals surface area contributed by atoms with Crippen LogP contribution in [0.2, 0.25) is 5.02 Å². The van der Waals surface area contributed by atoms with Crippen LogP contribution in [0.4, 0.5) is 11.6 Å². The molecule has 0 bridgehead atoms. The molecule has 0 fully saturated rings. The Balaban J connectivity index is 1.76. The summed E-state index contributed by atoms with van der Waals surface area (Å²) in [5.74, 6) is 2.40. The first-order chi connectivity index (χ1) is 11.7. The number of methoxy groups -OCH3 is 2. The molecule has 0 aliphatic heterocycles. The van der Waals surface area contributed by atoms with E-state index in [4.69, 9.17) is 21.1 Å². The van der Waals surface area contributed by atoms with Gasteiger partial charge in [-0.25, -0.2) is 9.50 Å². The first-order valence-electron chi connectivity index (χ1n) is 7.21. The van der Waals surface area contributed by atoms with Crippen molar-refractivity contribution in [2.75, 3.05) is 19.5 Å². The zero-order valence-electron chi connectivity index (χ0n) is 13.0. The molecule has 0 aliphatic rings. The minimum Gasteiger partial charge on any atom is -0.493 e. The molecule has 0 saturated heterocycles. The van der Waals surface area contributed by atoms with E-state index in [1.807, 2.05) is 36.4 Å². The summed E-state index contributed by atoms with van der Waals surface area (Å²) in [4.78, 5) is 8.95. The summed E-state index contributed by atoms with van der Waals surface area (Å²) in [7, 11) is 3.19. The molecule has 4 rings (SSSR count). The van der Waals surface area contributed by atoms with Crippen LogP contribution in [-0.4, -0.2) is 33.8 Å². The number of aromatic nitrogens is 4. The molecule has 0 aliphatic carbocycles. The van der Waals surface area contributed by atoms with E-state index >= 15 is 0 Å². The van der Waals surface area contributed by atoms with Crippen molar-refractivity contribution in [1.29, 1.82) is 0 Å². The maximum atomic E-state index is 5.89. The number of nitrogens with one attached hydrogen (secondary N) is 2. The average molecular weight is 344 g/mol. The Kier molecular flexibility index (Phi) is 3.42. The highest BCUT2D eigenvalue weighted by Gasteiger charge is 2.14. The van der Waals surface area contributed by atoms with Gasteiger partial charge >= 0.3 is 0 Å². The number of H-pyrrole nitrogens is 1. The van der Waals surface area contributed by atoms with Crippen molar-refractivity contribution in [3.8, 4) is 11.5 Å². The maximum absolute atomic E-state index is 5.89. The van der Waals surface area contributed by atoms with Crippen LogP contribution in [0.3, 0.4) is 0 Å². The topological polar surface area (TPSA) is 76.5 Å². The van der Waals surface area contributed by atoms with Crippen LogP contribution in [0.1, 0.15) is 0 Å². The zero-order chi connectivity index (χ0) is 16.7. The van der Waals surface area contributed by atoms with Gasteiger partial charge in [0, 0.05) is 22.8 Å². The summed E-state index contributed by atoms with van der Waals surface area (Å²) in [6.07, 6.45) is 0. The molecule has 2 heterocycles. The fourth-order valence-electron chi connectivity index (χ4n) is 2.53. The number of rotatable bonds is 4. The van der Waals surface area contributed by atoms with Gasteiger partial charge in [0.1, 0.15) is 0 Å². The molecular weight excluding hydrogens is 330 g/mol. The van der Waals surface area contributed by atoms with Crippen molar-refractivity contribution in [2.45, 2.75) is 0 Å². The first kappa shape index (κ1) is 14.6. The summed E-state index contributed by atoms with van der Waals surface area (Å²) in [6.45, 7) is 0. The van der Waals surface area contributed by atoms with E-state index in [2.05, 4.69) is 20.4 Å². The lowest BCUT2D eigenvalue weighted by Crippen LogP contribution is -1.94. The molecular formula is C16H14ClN5O2. The molecule has 7 nitrogen and oxygen atoms in total. The van der Waals surface area contributed by atoms with Gasteiger partial charge in [-0.1, -0.05) is 11.6 Å². The lowest BCUT2D eigenvalue weighted by molar-refractivity contribution is 0.355. The number of hydrogen-bond donors (Lipinski definition) is 2. The van der Waals surface area contributed by atoms with Crippen molar-refractivity contribution in [3.05, 3.63) is 41.4 Å². The number of aromatic amines is 1. The number of halogens is 1. The predicted molar refractivity (Wildman–Crippen MR) is 92.7 cm³/mol. The summed E-state index contributed by atoms with van der Waals surface area (Å²) < 4.78 is 12.4. The van der Waals surface area contributed by atoms with E-state index in [-0.39, 0.29) is 0 Å². The van der Waals surface area contributed by atoms with Gasteiger partial charge < -0.3 is 14.8 Å². The van der Waals surface area contributed by atoms with Gasteiger partial charge in [-0.15, -0.1) is 0 Å². The lowest BCUT2D eigenvalue weighted by atomic mass is 10.3. The Morgan fingerprint density at radius 2 is 1.75 bits per heavy atom. The molecule has 2 N–H and O–H groups in total. The Morgan fingerprint density at radius 3 is 2.46 bits per heavy atom. The third kappa shape index (κ3) is 2.39. The Bertz CT molecular complexity index is 1020. The van der Waals surface area contributed by atoms with Gasteiger partial charge in [-0.2, -0.15) is 4.98 Å². The number of benzene rings is 2. The quantitative estimate of drug-likeness (QED) is 0.591. The van der Waals surface area contributed by atoms with Crippen molar-refractivity contribution in [3.63, 3.8) is 0 Å². The van der Waals surface area contributed by atoms with E-state index in [0.29, 0.717) is 28.2 Å². The SMILES string of the molecule is COc1cc2nc3nc(Nc4ccc(Cl)cc4)[nH]n3c2cc1OC. The van der Waals surface area contributed by atoms with Gasteiger partial charge in [0.25, 0.3) is 5.78 Å². The van der Waals surface area contributed by atoms with Gasteiger partial charge in [0.2, 0.25) is 5.95 Å². The number of fused-ring (bicyclic) bond motifs is 3. The van der Waals surface area contributed by atoms with E-state index in [0.717, 1.165) is 16.7 Å².